The monoisotopic (exact) mass is 376 g/mol. The fourth-order valence-corrected chi connectivity index (χ4v) is 3.98. The molecule has 0 fully saturated rings. The van der Waals surface area contributed by atoms with E-state index < -0.39 is 0 Å². The normalized spacial score (nSPS) is 12.4. The van der Waals surface area contributed by atoms with Gasteiger partial charge in [0.2, 0.25) is 5.91 Å². The molecule has 0 aliphatic carbocycles. The Morgan fingerprint density at radius 2 is 1.78 bits per heavy atom. The van der Waals surface area contributed by atoms with E-state index in [0.717, 1.165) is 33.4 Å². The molecule has 0 spiro atoms. The predicted molar refractivity (Wildman–Crippen MR) is 110 cm³/mol. The first-order valence-electron chi connectivity index (χ1n) is 8.81. The van der Waals surface area contributed by atoms with E-state index in [4.69, 9.17) is 0 Å². The average Bonchev–Trinajstić information content (AvgIpc) is 3.06. The van der Waals surface area contributed by atoms with Crippen LogP contribution in [0.4, 0.5) is 5.69 Å². The summed E-state index contributed by atoms with van der Waals surface area (Å²) in [6.45, 7) is 5.94. The molecule has 1 N–H and O–H groups in total. The van der Waals surface area contributed by atoms with Gasteiger partial charge in [-0.3, -0.25) is 9.20 Å². The first kappa shape index (κ1) is 17.5. The fraction of sp³-hybridized carbons (Fsp3) is 0.190. The van der Waals surface area contributed by atoms with Crippen LogP contribution >= 0.6 is 11.8 Å². The van der Waals surface area contributed by atoms with Crippen molar-refractivity contribution in [1.82, 2.24) is 14.6 Å². The second-order valence-corrected chi connectivity index (χ2v) is 7.89. The Labute approximate surface area is 161 Å². The van der Waals surface area contributed by atoms with Crippen LogP contribution in [0.2, 0.25) is 0 Å². The number of amides is 1. The van der Waals surface area contributed by atoms with Crippen LogP contribution in [0.15, 0.2) is 59.8 Å². The molecule has 4 rings (SSSR count). The molecule has 1 amide bonds. The van der Waals surface area contributed by atoms with Crippen LogP contribution < -0.4 is 5.32 Å². The predicted octanol–water partition coefficient (Wildman–Crippen LogP) is 4.62. The largest absolute Gasteiger partial charge is 0.325 e. The van der Waals surface area contributed by atoms with E-state index in [2.05, 4.69) is 34.6 Å². The van der Waals surface area contributed by atoms with Crippen molar-refractivity contribution in [1.29, 1.82) is 0 Å². The van der Waals surface area contributed by atoms with Crippen LogP contribution in [-0.4, -0.2) is 25.8 Å². The summed E-state index contributed by atoms with van der Waals surface area (Å²) in [4.78, 5) is 12.7. The molecule has 0 bridgehead atoms. The Morgan fingerprint density at radius 1 is 1.04 bits per heavy atom. The fourth-order valence-electron chi connectivity index (χ4n) is 3.11. The summed E-state index contributed by atoms with van der Waals surface area (Å²) in [5, 5.41) is 13.2. The molecule has 2 aromatic heterocycles. The van der Waals surface area contributed by atoms with Crippen LogP contribution in [0.3, 0.4) is 0 Å². The maximum absolute atomic E-state index is 12.7. The number of para-hydroxylation sites is 2. The van der Waals surface area contributed by atoms with Gasteiger partial charge in [0.1, 0.15) is 0 Å². The van der Waals surface area contributed by atoms with Gasteiger partial charge in [-0.2, -0.15) is 0 Å². The van der Waals surface area contributed by atoms with Crippen LogP contribution in [-0.2, 0) is 4.79 Å². The van der Waals surface area contributed by atoms with Crippen molar-refractivity contribution in [3.05, 3.63) is 65.7 Å². The number of thioether (sulfide) groups is 1. The molecular formula is C21H20N4OS. The minimum atomic E-state index is -0.308. The van der Waals surface area contributed by atoms with Gasteiger partial charge in [0.15, 0.2) is 10.8 Å². The molecule has 2 aromatic carbocycles. The second-order valence-electron chi connectivity index (χ2n) is 6.58. The van der Waals surface area contributed by atoms with Crippen molar-refractivity contribution in [2.24, 2.45) is 0 Å². The third-order valence-electron chi connectivity index (χ3n) is 4.63. The first-order chi connectivity index (χ1) is 13.0. The lowest BCUT2D eigenvalue weighted by atomic mass is 10.1. The number of aromatic nitrogens is 3. The van der Waals surface area contributed by atoms with Crippen molar-refractivity contribution in [2.45, 2.75) is 31.2 Å². The van der Waals surface area contributed by atoms with Gasteiger partial charge in [-0.05, 0) is 50.1 Å². The lowest BCUT2D eigenvalue weighted by Crippen LogP contribution is -2.23. The first-order valence-corrected chi connectivity index (χ1v) is 9.69. The zero-order chi connectivity index (χ0) is 19.0. The standard InChI is InChI=1S/C21H20N4OS/c1-13-8-4-6-10-17(13)22-20(26)15(3)27-21-24-23-19-12-14(2)16-9-5-7-11-18(16)25(19)21/h4-12,15H,1-3H3,(H,22,26)/t15-/m1/s1. The molecule has 4 aromatic rings. The van der Waals surface area contributed by atoms with Gasteiger partial charge in [0, 0.05) is 11.1 Å². The van der Waals surface area contributed by atoms with Crippen LogP contribution in [0.5, 0.6) is 0 Å². The van der Waals surface area contributed by atoms with Gasteiger partial charge in [-0.15, -0.1) is 10.2 Å². The molecule has 136 valence electrons. The highest BCUT2D eigenvalue weighted by molar-refractivity contribution is 8.00. The van der Waals surface area contributed by atoms with Gasteiger partial charge in [-0.1, -0.05) is 48.2 Å². The summed E-state index contributed by atoms with van der Waals surface area (Å²) in [7, 11) is 0. The van der Waals surface area contributed by atoms with Crippen molar-refractivity contribution in [2.75, 3.05) is 5.32 Å². The Kier molecular flexibility index (Phi) is 4.58. The van der Waals surface area contributed by atoms with E-state index in [1.54, 1.807) is 0 Å². The molecule has 0 aliphatic rings. The van der Waals surface area contributed by atoms with E-state index in [0.29, 0.717) is 5.16 Å². The number of fused-ring (bicyclic) bond motifs is 3. The Balaban J connectivity index is 1.64. The highest BCUT2D eigenvalue weighted by Crippen LogP contribution is 2.28. The lowest BCUT2D eigenvalue weighted by molar-refractivity contribution is -0.115. The number of hydrogen-bond acceptors (Lipinski definition) is 4. The van der Waals surface area contributed by atoms with Crippen molar-refractivity contribution < 1.29 is 4.79 Å². The zero-order valence-corrected chi connectivity index (χ0v) is 16.2. The number of carbonyl (C=O) groups excluding carboxylic acids is 1. The third-order valence-corrected chi connectivity index (χ3v) is 5.67. The summed E-state index contributed by atoms with van der Waals surface area (Å²) >= 11 is 1.41. The summed E-state index contributed by atoms with van der Waals surface area (Å²) in [5.74, 6) is -0.0533. The van der Waals surface area contributed by atoms with Crippen LogP contribution in [0.25, 0.3) is 16.6 Å². The van der Waals surface area contributed by atoms with Crippen molar-refractivity contribution in [3.63, 3.8) is 0 Å². The molecule has 0 unspecified atom stereocenters. The highest BCUT2D eigenvalue weighted by atomic mass is 32.2. The molecule has 27 heavy (non-hydrogen) atoms. The number of aryl methyl sites for hydroxylation is 2. The van der Waals surface area contributed by atoms with Crippen molar-refractivity contribution in [3.8, 4) is 0 Å². The smallest absolute Gasteiger partial charge is 0.237 e. The summed E-state index contributed by atoms with van der Waals surface area (Å²) < 4.78 is 2.02. The molecule has 5 nitrogen and oxygen atoms in total. The number of anilines is 1. The van der Waals surface area contributed by atoms with E-state index in [9.17, 15) is 4.79 Å². The van der Waals surface area contributed by atoms with Crippen LogP contribution in [0.1, 0.15) is 18.1 Å². The summed E-state index contributed by atoms with van der Waals surface area (Å²) in [6.07, 6.45) is 0. The minimum absolute atomic E-state index is 0.0533. The quantitative estimate of drug-likeness (QED) is 0.528. The zero-order valence-electron chi connectivity index (χ0n) is 15.4. The molecule has 0 saturated heterocycles. The molecule has 0 aliphatic heterocycles. The molecule has 6 heteroatoms. The Morgan fingerprint density at radius 3 is 2.59 bits per heavy atom. The van der Waals surface area contributed by atoms with E-state index in [1.807, 2.05) is 60.7 Å². The Bertz CT molecular complexity index is 1150. The average molecular weight is 376 g/mol. The van der Waals surface area contributed by atoms with Gasteiger partial charge < -0.3 is 5.32 Å². The molecule has 1 atom stereocenters. The van der Waals surface area contributed by atoms with Gasteiger partial charge in [-0.25, -0.2) is 0 Å². The van der Waals surface area contributed by atoms with Crippen molar-refractivity contribution >= 4 is 39.9 Å². The van der Waals surface area contributed by atoms with Gasteiger partial charge in [0.05, 0.1) is 10.8 Å². The van der Waals surface area contributed by atoms with Gasteiger partial charge in [0.25, 0.3) is 0 Å². The number of benzene rings is 2. The number of hydrogen-bond donors (Lipinski definition) is 1. The van der Waals surface area contributed by atoms with E-state index in [1.165, 1.54) is 11.8 Å². The molecular weight excluding hydrogens is 356 g/mol. The highest BCUT2D eigenvalue weighted by Gasteiger charge is 2.19. The SMILES string of the molecule is Cc1ccccc1NC(=O)[C@@H](C)Sc1nnc2cc(C)c3ccccc3n12. The number of nitrogens with zero attached hydrogens (tertiary/aromatic N) is 3. The maximum atomic E-state index is 12.7. The molecule has 0 radical (unpaired) electrons. The second kappa shape index (κ2) is 7.04. The van der Waals surface area contributed by atoms with E-state index >= 15 is 0 Å². The molecule has 0 saturated carbocycles. The lowest BCUT2D eigenvalue weighted by Gasteiger charge is -2.13. The molecule has 2 heterocycles. The number of pyridine rings is 1. The summed E-state index contributed by atoms with van der Waals surface area (Å²) in [5.41, 5.74) is 4.87. The topological polar surface area (TPSA) is 59.3 Å². The Hall–Kier alpha value is -2.86. The van der Waals surface area contributed by atoms with E-state index in [-0.39, 0.29) is 11.2 Å². The minimum Gasteiger partial charge on any atom is -0.325 e. The number of nitrogens with one attached hydrogen (secondary N) is 1. The summed E-state index contributed by atoms with van der Waals surface area (Å²) in [6, 6.07) is 18.0. The van der Waals surface area contributed by atoms with Gasteiger partial charge >= 0.3 is 0 Å². The van der Waals surface area contributed by atoms with Crippen LogP contribution in [0, 0.1) is 13.8 Å². The third kappa shape index (κ3) is 3.28. The number of rotatable bonds is 4. The maximum Gasteiger partial charge on any atom is 0.237 e. The number of carbonyl (C=O) groups is 1.